The van der Waals surface area contributed by atoms with E-state index in [2.05, 4.69) is 24.3 Å². The van der Waals surface area contributed by atoms with Crippen LogP contribution in [0.5, 0.6) is 0 Å². The molecule has 0 nitrogen and oxygen atoms in total. The van der Waals surface area contributed by atoms with Gasteiger partial charge in [-0.15, -0.1) is 23.4 Å². The number of thioether (sulfide) groups is 1. The second-order valence-electron chi connectivity index (χ2n) is 2.67. The van der Waals surface area contributed by atoms with Crippen LogP contribution in [-0.2, 0) is 6.42 Å². The van der Waals surface area contributed by atoms with Crippen LogP contribution in [0, 0.1) is 0 Å². The highest BCUT2D eigenvalue weighted by Crippen LogP contribution is 2.36. The van der Waals surface area contributed by atoms with Crippen LogP contribution in [0.3, 0.4) is 0 Å². The molecule has 1 aliphatic rings. The van der Waals surface area contributed by atoms with Crippen molar-refractivity contribution in [3.8, 4) is 0 Å². The van der Waals surface area contributed by atoms with Gasteiger partial charge in [0.1, 0.15) is 0 Å². The van der Waals surface area contributed by atoms with Crippen molar-refractivity contribution in [1.82, 2.24) is 0 Å². The summed E-state index contributed by atoms with van der Waals surface area (Å²) >= 11 is 7.78. The summed E-state index contributed by atoms with van der Waals surface area (Å²) in [5, 5.41) is 0. The van der Waals surface area contributed by atoms with E-state index in [-0.39, 0.29) is 4.71 Å². The van der Waals surface area contributed by atoms with Crippen molar-refractivity contribution < 1.29 is 0 Å². The highest BCUT2D eigenvalue weighted by atomic mass is 35.5. The molecule has 2 rings (SSSR count). The molecule has 1 aliphatic heterocycles. The van der Waals surface area contributed by atoms with Crippen molar-refractivity contribution in [1.29, 1.82) is 0 Å². The van der Waals surface area contributed by atoms with Crippen molar-refractivity contribution in [2.24, 2.45) is 0 Å². The van der Waals surface area contributed by atoms with E-state index in [9.17, 15) is 0 Å². The van der Waals surface area contributed by atoms with Crippen LogP contribution >= 0.6 is 23.4 Å². The summed E-state index contributed by atoms with van der Waals surface area (Å²) in [6, 6.07) is 8.49. The molecule has 0 bridgehead atoms. The van der Waals surface area contributed by atoms with Crippen LogP contribution in [0.1, 0.15) is 12.0 Å². The van der Waals surface area contributed by atoms with E-state index < -0.39 is 0 Å². The minimum absolute atomic E-state index is 0.282. The van der Waals surface area contributed by atoms with Gasteiger partial charge in [-0.2, -0.15) is 0 Å². The Morgan fingerprint density at radius 3 is 3.09 bits per heavy atom. The van der Waals surface area contributed by atoms with Crippen LogP contribution in [0.4, 0.5) is 0 Å². The van der Waals surface area contributed by atoms with Crippen molar-refractivity contribution in [2.45, 2.75) is 22.4 Å². The van der Waals surface area contributed by atoms with Crippen LogP contribution in [0.15, 0.2) is 29.2 Å². The van der Waals surface area contributed by atoms with Gasteiger partial charge in [-0.25, -0.2) is 0 Å². The summed E-state index contributed by atoms with van der Waals surface area (Å²) in [6.45, 7) is 0. The molecule has 0 amide bonds. The van der Waals surface area contributed by atoms with E-state index in [1.807, 2.05) is 0 Å². The van der Waals surface area contributed by atoms with E-state index in [0.29, 0.717) is 0 Å². The smallest absolute Gasteiger partial charge is 0.0839 e. The molecule has 0 saturated carbocycles. The van der Waals surface area contributed by atoms with Gasteiger partial charge in [0.05, 0.1) is 4.71 Å². The Balaban J connectivity index is 2.34. The zero-order chi connectivity index (χ0) is 7.68. The highest BCUT2D eigenvalue weighted by molar-refractivity contribution is 8.01. The number of alkyl halides is 1. The van der Waals surface area contributed by atoms with Gasteiger partial charge in [0.15, 0.2) is 0 Å². The Bertz CT molecular complexity index is 259. The second-order valence-corrected chi connectivity index (χ2v) is 4.70. The lowest BCUT2D eigenvalue weighted by Crippen LogP contribution is -2.03. The molecule has 0 radical (unpaired) electrons. The monoisotopic (exact) mass is 184 g/mol. The fourth-order valence-electron chi connectivity index (χ4n) is 1.29. The molecule has 2 heteroatoms. The van der Waals surface area contributed by atoms with Gasteiger partial charge in [-0.1, -0.05) is 18.2 Å². The van der Waals surface area contributed by atoms with Crippen molar-refractivity contribution in [2.75, 3.05) is 0 Å². The SMILES string of the molecule is ClC1CCc2ccccc2S1. The molecule has 0 spiro atoms. The number of hydrogen-bond acceptors (Lipinski definition) is 1. The third-order valence-corrected chi connectivity index (χ3v) is 3.50. The number of halogens is 1. The number of benzene rings is 1. The topological polar surface area (TPSA) is 0 Å². The Morgan fingerprint density at radius 1 is 1.36 bits per heavy atom. The normalized spacial score (nSPS) is 22.8. The average Bonchev–Trinajstić information content (AvgIpc) is 2.04. The van der Waals surface area contributed by atoms with E-state index in [4.69, 9.17) is 11.6 Å². The summed E-state index contributed by atoms with van der Waals surface area (Å²) in [4.78, 5) is 1.36. The third-order valence-electron chi connectivity index (χ3n) is 1.87. The minimum Gasteiger partial charge on any atom is -0.111 e. The molecule has 1 unspecified atom stereocenters. The maximum Gasteiger partial charge on any atom is 0.0839 e. The third kappa shape index (κ3) is 1.54. The van der Waals surface area contributed by atoms with Crippen LogP contribution < -0.4 is 0 Å². The summed E-state index contributed by atoms with van der Waals surface area (Å²) in [6.07, 6.45) is 2.24. The van der Waals surface area contributed by atoms with Crippen molar-refractivity contribution >= 4 is 23.4 Å². The zero-order valence-corrected chi connectivity index (χ0v) is 7.66. The van der Waals surface area contributed by atoms with E-state index in [1.165, 1.54) is 10.5 Å². The number of hydrogen-bond donors (Lipinski definition) is 0. The van der Waals surface area contributed by atoms with Crippen LogP contribution in [0.2, 0.25) is 0 Å². The standard InChI is InChI=1S/C9H9ClS/c10-9-6-5-7-3-1-2-4-8(7)11-9/h1-4,9H,5-6H2. The van der Waals surface area contributed by atoms with Gasteiger partial charge in [0.25, 0.3) is 0 Å². The van der Waals surface area contributed by atoms with E-state index in [1.54, 1.807) is 11.8 Å². The first-order chi connectivity index (χ1) is 5.36. The largest absolute Gasteiger partial charge is 0.111 e. The Morgan fingerprint density at radius 2 is 2.18 bits per heavy atom. The lowest BCUT2D eigenvalue weighted by atomic mass is 10.1. The summed E-state index contributed by atoms with van der Waals surface area (Å²) < 4.78 is 0.282. The molecule has 0 fully saturated rings. The molecular formula is C9H9ClS. The van der Waals surface area contributed by atoms with E-state index >= 15 is 0 Å². The van der Waals surface area contributed by atoms with Gasteiger partial charge < -0.3 is 0 Å². The molecule has 11 heavy (non-hydrogen) atoms. The van der Waals surface area contributed by atoms with Crippen molar-refractivity contribution in [3.63, 3.8) is 0 Å². The maximum absolute atomic E-state index is 6.01. The average molecular weight is 185 g/mol. The maximum atomic E-state index is 6.01. The minimum atomic E-state index is 0.282. The predicted octanol–water partition coefficient (Wildman–Crippen LogP) is 3.29. The number of aryl methyl sites for hydroxylation is 1. The molecule has 0 aromatic heterocycles. The van der Waals surface area contributed by atoms with Crippen LogP contribution in [0.25, 0.3) is 0 Å². The molecule has 1 aromatic rings. The first-order valence-corrected chi connectivity index (χ1v) is 5.06. The summed E-state index contributed by atoms with van der Waals surface area (Å²) in [5.41, 5.74) is 1.45. The molecule has 58 valence electrons. The van der Waals surface area contributed by atoms with Gasteiger partial charge in [0, 0.05) is 4.90 Å². The van der Waals surface area contributed by atoms with Gasteiger partial charge in [-0.3, -0.25) is 0 Å². The molecule has 0 aliphatic carbocycles. The molecule has 0 N–H and O–H groups in total. The number of rotatable bonds is 0. The fraction of sp³-hybridized carbons (Fsp3) is 0.333. The predicted molar refractivity (Wildman–Crippen MR) is 50.3 cm³/mol. The first kappa shape index (κ1) is 7.51. The Labute approximate surface area is 75.9 Å². The highest BCUT2D eigenvalue weighted by Gasteiger charge is 2.15. The number of fused-ring (bicyclic) bond motifs is 1. The molecule has 1 heterocycles. The fourth-order valence-corrected chi connectivity index (χ4v) is 2.68. The van der Waals surface area contributed by atoms with E-state index in [0.717, 1.165) is 12.8 Å². The quantitative estimate of drug-likeness (QED) is 0.558. The van der Waals surface area contributed by atoms with Gasteiger partial charge in [-0.05, 0) is 24.5 Å². The Kier molecular flexibility index (Phi) is 2.10. The molecular weight excluding hydrogens is 176 g/mol. The van der Waals surface area contributed by atoms with Gasteiger partial charge in [0.2, 0.25) is 0 Å². The lowest BCUT2D eigenvalue weighted by molar-refractivity contribution is 0.858. The summed E-state index contributed by atoms with van der Waals surface area (Å²) in [5.74, 6) is 0. The molecule has 0 saturated heterocycles. The van der Waals surface area contributed by atoms with Crippen molar-refractivity contribution in [3.05, 3.63) is 29.8 Å². The Hall–Kier alpha value is -0.140. The van der Waals surface area contributed by atoms with Gasteiger partial charge >= 0.3 is 0 Å². The molecule has 1 aromatic carbocycles. The first-order valence-electron chi connectivity index (χ1n) is 3.75. The second kappa shape index (κ2) is 3.08. The van der Waals surface area contributed by atoms with Crippen LogP contribution in [-0.4, -0.2) is 4.71 Å². The lowest BCUT2D eigenvalue weighted by Gasteiger charge is -2.18. The summed E-state index contributed by atoms with van der Waals surface area (Å²) in [7, 11) is 0. The molecule has 1 atom stereocenters. The zero-order valence-electron chi connectivity index (χ0n) is 6.09.